The average molecular weight is 274 g/mol. The molecular weight excluding hydrogens is 244 g/mol. The van der Waals surface area contributed by atoms with E-state index in [-0.39, 0.29) is 24.3 Å². The van der Waals surface area contributed by atoms with Crippen molar-refractivity contribution in [3.63, 3.8) is 0 Å². The predicted molar refractivity (Wildman–Crippen MR) is 77.4 cm³/mol. The molecule has 3 atom stereocenters. The molecule has 2 N–H and O–H groups in total. The summed E-state index contributed by atoms with van der Waals surface area (Å²) in [6, 6.07) is 0.292. The molecule has 0 aliphatic rings. The van der Waals surface area contributed by atoms with Gasteiger partial charge in [0.25, 0.3) is 0 Å². The number of alkyl carbamates (subject to hydrolysis) is 1. The monoisotopic (exact) mass is 274 g/mol. The first-order valence-electron chi connectivity index (χ1n) is 6.95. The highest BCUT2D eigenvalue weighted by Crippen LogP contribution is 2.07. The Morgan fingerprint density at radius 2 is 1.84 bits per heavy atom. The van der Waals surface area contributed by atoms with Crippen LogP contribution in [-0.2, 0) is 9.47 Å². The van der Waals surface area contributed by atoms with Crippen molar-refractivity contribution in [3.05, 3.63) is 0 Å². The minimum Gasteiger partial charge on any atom is -0.444 e. The normalized spacial score (nSPS) is 16.6. The molecule has 0 heterocycles. The second kappa shape index (κ2) is 8.38. The van der Waals surface area contributed by atoms with Gasteiger partial charge in [0.15, 0.2) is 0 Å². The maximum absolute atomic E-state index is 11.7. The van der Waals surface area contributed by atoms with E-state index in [2.05, 4.69) is 17.6 Å². The number of ether oxygens (including phenoxy) is 2. The topological polar surface area (TPSA) is 59.6 Å². The fourth-order valence-electron chi connectivity index (χ4n) is 1.47. The average Bonchev–Trinajstić information content (AvgIpc) is 2.30. The number of carbonyl (C=O) groups is 1. The molecule has 3 unspecified atom stereocenters. The van der Waals surface area contributed by atoms with Gasteiger partial charge in [-0.25, -0.2) is 4.79 Å². The molecular formula is C14H30N2O3. The molecule has 0 fully saturated rings. The molecule has 5 heteroatoms. The summed E-state index contributed by atoms with van der Waals surface area (Å²) < 4.78 is 10.5. The van der Waals surface area contributed by atoms with E-state index >= 15 is 0 Å². The number of rotatable bonds is 7. The lowest BCUT2D eigenvalue weighted by Gasteiger charge is -2.25. The summed E-state index contributed by atoms with van der Waals surface area (Å²) >= 11 is 0. The number of nitrogens with one attached hydrogen (secondary N) is 2. The zero-order valence-corrected chi connectivity index (χ0v) is 13.4. The van der Waals surface area contributed by atoms with E-state index < -0.39 is 5.60 Å². The summed E-state index contributed by atoms with van der Waals surface area (Å²) in [6.07, 6.45) is 0.618. The van der Waals surface area contributed by atoms with E-state index in [0.717, 1.165) is 6.42 Å². The van der Waals surface area contributed by atoms with E-state index in [1.54, 1.807) is 7.11 Å². The predicted octanol–water partition coefficient (Wildman–Crippen LogP) is 2.30. The Morgan fingerprint density at radius 1 is 1.26 bits per heavy atom. The Balaban J connectivity index is 4.11. The van der Waals surface area contributed by atoms with Gasteiger partial charge in [-0.05, 0) is 41.0 Å². The van der Waals surface area contributed by atoms with Crippen LogP contribution in [0.5, 0.6) is 0 Å². The molecule has 0 rings (SSSR count). The van der Waals surface area contributed by atoms with Gasteiger partial charge in [0.05, 0.1) is 6.10 Å². The summed E-state index contributed by atoms with van der Waals surface area (Å²) in [6.45, 7) is 12.4. The summed E-state index contributed by atoms with van der Waals surface area (Å²) in [5, 5.41) is 6.23. The Hall–Kier alpha value is -0.810. The van der Waals surface area contributed by atoms with E-state index in [1.807, 2.05) is 34.6 Å². The van der Waals surface area contributed by atoms with Crippen LogP contribution in [0.3, 0.4) is 0 Å². The summed E-state index contributed by atoms with van der Waals surface area (Å²) in [5.41, 5.74) is -0.465. The lowest BCUT2D eigenvalue weighted by molar-refractivity contribution is 0.0497. The fraction of sp³-hybridized carbons (Fsp3) is 0.929. The Bertz CT molecular complexity index is 264. The van der Waals surface area contributed by atoms with Gasteiger partial charge in [0, 0.05) is 25.7 Å². The minimum atomic E-state index is -0.465. The van der Waals surface area contributed by atoms with Gasteiger partial charge >= 0.3 is 6.09 Å². The molecule has 0 saturated heterocycles. The molecule has 0 saturated carbocycles. The van der Waals surface area contributed by atoms with Crippen molar-refractivity contribution in [1.82, 2.24) is 10.6 Å². The van der Waals surface area contributed by atoms with Crippen LogP contribution in [0.4, 0.5) is 4.79 Å². The van der Waals surface area contributed by atoms with Gasteiger partial charge in [-0.1, -0.05) is 6.92 Å². The smallest absolute Gasteiger partial charge is 0.407 e. The number of hydrogen-bond donors (Lipinski definition) is 2. The van der Waals surface area contributed by atoms with Crippen LogP contribution in [0.1, 0.15) is 48.0 Å². The standard InChI is InChI=1S/C14H30N2O3/c1-8-12(9-15-10(2)11(3)18-7)16-13(17)19-14(4,5)6/h10-12,15H,8-9H2,1-7H3,(H,16,17). The van der Waals surface area contributed by atoms with Crippen LogP contribution < -0.4 is 10.6 Å². The molecule has 0 radical (unpaired) electrons. The molecule has 0 aromatic carbocycles. The third-order valence-electron chi connectivity index (χ3n) is 2.98. The van der Waals surface area contributed by atoms with E-state index in [1.165, 1.54) is 0 Å². The Labute approximate surface area is 117 Å². The molecule has 114 valence electrons. The first-order chi connectivity index (χ1) is 8.69. The number of methoxy groups -OCH3 is 1. The molecule has 0 aromatic heterocycles. The van der Waals surface area contributed by atoms with Crippen molar-refractivity contribution in [2.45, 2.75) is 71.8 Å². The highest BCUT2D eigenvalue weighted by Gasteiger charge is 2.19. The lowest BCUT2D eigenvalue weighted by Crippen LogP contribution is -2.47. The quantitative estimate of drug-likeness (QED) is 0.748. The van der Waals surface area contributed by atoms with E-state index in [4.69, 9.17) is 9.47 Å². The van der Waals surface area contributed by atoms with Gasteiger partial charge < -0.3 is 20.1 Å². The molecule has 0 spiro atoms. The van der Waals surface area contributed by atoms with E-state index in [0.29, 0.717) is 6.54 Å². The second-order valence-corrected chi connectivity index (χ2v) is 5.89. The van der Waals surface area contributed by atoms with Crippen LogP contribution in [0.2, 0.25) is 0 Å². The second-order valence-electron chi connectivity index (χ2n) is 5.89. The van der Waals surface area contributed by atoms with Crippen molar-refractivity contribution in [3.8, 4) is 0 Å². The number of carbonyl (C=O) groups excluding carboxylic acids is 1. The summed E-state index contributed by atoms with van der Waals surface area (Å²) in [5.74, 6) is 0. The van der Waals surface area contributed by atoms with Crippen LogP contribution in [0, 0.1) is 0 Å². The highest BCUT2D eigenvalue weighted by molar-refractivity contribution is 5.68. The fourth-order valence-corrected chi connectivity index (χ4v) is 1.47. The number of hydrogen-bond acceptors (Lipinski definition) is 4. The molecule has 5 nitrogen and oxygen atoms in total. The number of amides is 1. The largest absolute Gasteiger partial charge is 0.444 e. The van der Waals surface area contributed by atoms with Crippen molar-refractivity contribution in [2.24, 2.45) is 0 Å². The Morgan fingerprint density at radius 3 is 2.26 bits per heavy atom. The first kappa shape index (κ1) is 18.2. The summed E-state index contributed by atoms with van der Waals surface area (Å²) in [7, 11) is 1.69. The molecule has 0 aliphatic heterocycles. The Kier molecular flexibility index (Phi) is 8.02. The zero-order chi connectivity index (χ0) is 15.1. The van der Waals surface area contributed by atoms with Crippen LogP contribution >= 0.6 is 0 Å². The van der Waals surface area contributed by atoms with Gasteiger partial charge in [-0.2, -0.15) is 0 Å². The van der Waals surface area contributed by atoms with Crippen LogP contribution in [0.25, 0.3) is 0 Å². The van der Waals surface area contributed by atoms with Crippen LogP contribution in [0.15, 0.2) is 0 Å². The summed E-state index contributed by atoms with van der Waals surface area (Å²) in [4.78, 5) is 11.7. The van der Waals surface area contributed by atoms with E-state index in [9.17, 15) is 4.79 Å². The third-order valence-corrected chi connectivity index (χ3v) is 2.98. The SMILES string of the molecule is CCC(CNC(C)C(C)OC)NC(=O)OC(C)(C)C. The molecule has 0 aliphatic carbocycles. The maximum Gasteiger partial charge on any atom is 0.407 e. The van der Waals surface area contributed by atoms with Crippen molar-refractivity contribution < 1.29 is 14.3 Å². The molecule has 19 heavy (non-hydrogen) atoms. The van der Waals surface area contributed by atoms with Gasteiger partial charge in [-0.15, -0.1) is 0 Å². The van der Waals surface area contributed by atoms with Gasteiger partial charge in [0.1, 0.15) is 5.60 Å². The lowest BCUT2D eigenvalue weighted by atomic mass is 10.1. The van der Waals surface area contributed by atoms with Crippen molar-refractivity contribution in [2.75, 3.05) is 13.7 Å². The first-order valence-corrected chi connectivity index (χ1v) is 6.95. The molecule has 1 amide bonds. The van der Waals surface area contributed by atoms with Gasteiger partial charge in [0.2, 0.25) is 0 Å². The van der Waals surface area contributed by atoms with Crippen molar-refractivity contribution in [1.29, 1.82) is 0 Å². The minimum absolute atomic E-state index is 0.0568. The van der Waals surface area contributed by atoms with Crippen LogP contribution in [-0.4, -0.2) is 43.5 Å². The molecule has 0 aromatic rings. The highest BCUT2D eigenvalue weighted by atomic mass is 16.6. The third kappa shape index (κ3) is 8.83. The molecule has 0 bridgehead atoms. The maximum atomic E-state index is 11.7. The van der Waals surface area contributed by atoms with Gasteiger partial charge in [-0.3, -0.25) is 0 Å². The van der Waals surface area contributed by atoms with Crippen molar-refractivity contribution >= 4 is 6.09 Å². The zero-order valence-electron chi connectivity index (χ0n) is 13.4.